The predicted octanol–water partition coefficient (Wildman–Crippen LogP) is 3.91. The summed E-state index contributed by atoms with van der Waals surface area (Å²) in [4.78, 5) is 15.8. The number of likely N-dealkylation sites (tertiary alicyclic amines) is 1. The first-order valence-corrected chi connectivity index (χ1v) is 11.4. The number of nitrogens with one attached hydrogen (secondary N) is 1. The Labute approximate surface area is 185 Å². The maximum absolute atomic E-state index is 13.5. The first kappa shape index (κ1) is 21.8. The van der Waals surface area contributed by atoms with Gasteiger partial charge in [-0.1, -0.05) is 36.4 Å². The Kier molecular flexibility index (Phi) is 6.93. The van der Waals surface area contributed by atoms with Crippen molar-refractivity contribution in [2.45, 2.75) is 38.1 Å². The van der Waals surface area contributed by atoms with E-state index < -0.39 is 5.41 Å². The van der Waals surface area contributed by atoms with Gasteiger partial charge < -0.3 is 19.7 Å². The molecule has 0 spiro atoms. The fourth-order valence-corrected chi connectivity index (χ4v) is 4.92. The minimum Gasteiger partial charge on any atom is -0.497 e. The average Bonchev–Trinajstić information content (AvgIpc) is 2.80. The SMILES string of the molecule is COc1cccc(-c2cccc(CC3(C(=O)N[C@H]4CCCN(C)C4)CCOCC3)c2)c1. The van der Waals surface area contributed by atoms with Crippen molar-refractivity contribution >= 4 is 5.91 Å². The number of piperidine rings is 1. The van der Waals surface area contributed by atoms with Gasteiger partial charge in [0, 0.05) is 25.8 Å². The van der Waals surface area contributed by atoms with E-state index in [1.165, 1.54) is 5.56 Å². The highest BCUT2D eigenvalue weighted by atomic mass is 16.5. The van der Waals surface area contributed by atoms with Crippen LogP contribution in [0.1, 0.15) is 31.2 Å². The highest BCUT2D eigenvalue weighted by molar-refractivity contribution is 5.83. The molecule has 0 bridgehead atoms. The Morgan fingerprint density at radius 2 is 1.90 bits per heavy atom. The molecule has 2 heterocycles. The van der Waals surface area contributed by atoms with E-state index in [1.54, 1.807) is 7.11 Å². The highest BCUT2D eigenvalue weighted by Crippen LogP contribution is 2.36. The van der Waals surface area contributed by atoms with Crippen LogP contribution in [0, 0.1) is 5.41 Å². The van der Waals surface area contributed by atoms with Gasteiger partial charge in [-0.05, 0) is 74.5 Å². The van der Waals surface area contributed by atoms with Crippen LogP contribution in [0.3, 0.4) is 0 Å². The lowest BCUT2D eigenvalue weighted by Gasteiger charge is -2.39. The molecule has 1 N–H and O–H groups in total. The molecule has 31 heavy (non-hydrogen) atoms. The molecule has 2 aromatic carbocycles. The number of carbonyl (C=O) groups excluding carboxylic acids is 1. The fraction of sp³-hybridized carbons (Fsp3) is 0.500. The normalized spacial score (nSPS) is 21.4. The molecule has 2 aliphatic heterocycles. The molecule has 4 rings (SSSR count). The van der Waals surface area contributed by atoms with E-state index in [0.717, 1.165) is 62.1 Å². The summed E-state index contributed by atoms with van der Waals surface area (Å²) in [5, 5.41) is 3.39. The van der Waals surface area contributed by atoms with Gasteiger partial charge in [-0.15, -0.1) is 0 Å². The molecule has 5 nitrogen and oxygen atoms in total. The molecular formula is C26H34N2O3. The standard InChI is InChI=1S/C26H34N2O3/c1-28-13-5-9-23(19-28)27-25(29)26(11-14-31-15-12-26)18-20-6-3-7-21(16-20)22-8-4-10-24(17-22)30-2/h3-4,6-8,10,16-17,23H,5,9,11-15,18-19H2,1-2H3,(H,27,29)/t23-/m0/s1. The minimum atomic E-state index is -0.402. The summed E-state index contributed by atoms with van der Waals surface area (Å²) < 4.78 is 11.0. The van der Waals surface area contributed by atoms with Crippen molar-refractivity contribution in [3.05, 3.63) is 54.1 Å². The summed E-state index contributed by atoms with van der Waals surface area (Å²) in [6.45, 7) is 3.34. The average molecular weight is 423 g/mol. The Balaban J connectivity index is 1.54. The van der Waals surface area contributed by atoms with E-state index in [0.29, 0.717) is 13.2 Å². The zero-order chi connectivity index (χ0) is 21.7. The van der Waals surface area contributed by atoms with Crippen molar-refractivity contribution in [1.82, 2.24) is 10.2 Å². The zero-order valence-electron chi connectivity index (χ0n) is 18.7. The molecule has 0 unspecified atom stereocenters. The number of nitrogens with zero attached hydrogens (tertiary/aromatic N) is 1. The number of likely N-dealkylation sites (N-methyl/N-ethyl adjacent to an activating group) is 1. The molecule has 166 valence electrons. The van der Waals surface area contributed by atoms with Gasteiger partial charge in [0.05, 0.1) is 12.5 Å². The number of ether oxygens (including phenoxy) is 2. The van der Waals surface area contributed by atoms with Gasteiger partial charge in [0.15, 0.2) is 0 Å². The lowest BCUT2D eigenvalue weighted by Crippen LogP contribution is -2.53. The third-order valence-corrected chi connectivity index (χ3v) is 6.76. The Bertz CT molecular complexity index is 892. The zero-order valence-corrected chi connectivity index (χ0v) is 18.7. The van der Waals surface area contributed by atoms with E-state index in [9.17, 15) is 4.79 Å². The molecule has 1 amide bonds. The van der Waals surface area contributed by atoms with Crippen molar-refractivity contribution in [1.29, 1.82) is 0 Å². The molecule has 2 saturated heterocycles. The van der Waals surface area contributed by atoms with E-state index in [-0.39, 0.29) is 11.9 Å². The summed E-state index contributed by atoms with van der Waals surface area (Å²) in [7, 11) is 3.82. The van der Waals surface area contributed by atoms with Crippen LogP contribution in [0.25, 0.3) is 11.1 Å². The second kappa shape index (κ2) is 9.84. The number of benzene rings is 2. The lowest BCUT2D eigenvalue weighted by atomic mass is 9.74. The van der Waals surface area contributed by atoms with Crippen LogP contribution >= 0.6 is 0 Å². The fourth-order valence-electron chi connectivity index (χ4n) is 4.92. The van der Waals surface area contributed by atoms with Crippen LogP contribution in [0.2, 0.25) is 0 Å². The largest absolute Gasteiger partial charge is 0.497 e. The Morgan fingerprint density at radius 1 is 1.16 bits per heavy atom. The maximum Gasteiger partial charge on any atom is 0.226 e. The monoisotopic (exact) mass is 422 g/mol. The van der Waals surface area contributed by atoms with Crippen molar-refractivity contribution in [2.24, 2.45) is 5.41 Å². The van der Waals surface area contributed by atoms with Crippen LogP contribution in [0.5, 0.6) is 5.75 Å². The van der Waals surface area contributed by atoms with Crippen LogP contribution < -0.4 is 10.1 Å². The summed E-state index contributed by atoms with van der Waals surface area (Å²) in [5.41, 5.74) is 3.06. The van der Waals surface area contributed by atoms with Crippen molar-refractivity contribution in [3.8, 4) is 16.9 Å². The minimum absolute atomic E-state index is 0.197. The number of hydrogen-bond acceptors (Lipinski definition) is 4. The molecule has 1 atom stereocenters. The van der Waals surface area contributed by atoms with Crippen LogP contribution in [-0.4, -0.2) is 57.3 Å². The molecule has 2 aromatic rings. The molecular weight excluding hydrogens is 388 g/mol. The Hall–Kier alpha value is -2.37. The van der Waals surface area contributed by atoms with Crippen LogP contribution in [-0.2, 0) is 16.0 Å². The Morgan fingerprint density at radius 3 is 2.65 bits per heavy atom. The van der Waals surface area contributed by atoms with E-state index in [4.69, 9.17) is 9.47 Å². The van der Waals surface area contributed by atoms with Crippen molar-refractivity contribution in [3.63, 3.8) is 0 Å². The molecule has 5 heteroatoms. The molecule has 0 radical (unpaired) electrons. The molecule has 0 aliphatic carbocycles. The van der Waals surface area contributed by atoms with Crippen molar-refractivity contribution < 1.29 is 14.3 Å². The van der Waals surface area contributed by atoms with E-state index in [2.05, 4.69) is 53.7 Å². The topological polar surface area (TPSA) is 50.8 Å². The summed E-state index contributed by atoms with van der Waals surface area (Å²) in [6.07, 6.45) is 4.48. The third-order valence-electron chi connectivity index (χ3n) is 6.76. The highest BCUT2D eigenvalue weighted by Gasteiger charge is 2.41. The first-order chi connectivity index (χ1) is 15.1. The van der Waals surface area contributed by atoms with E-state index >= 15 is 0 Å². The van der Waals surface area contributed by atoms with E-state index in [1.807, 2.05) is 12.1 Å². The van der Waals surface area contributed by atoms with Gasteiger partial charge >= 0.3 is 0 Å². The molecule has 0 aromatic heterocycles. The van der Waals surface area contributed by atoms with Gasteiger partial charge in [0.1, 0.15) is 5.75 Å². The quantitative estimate of drug-likeness (QED) is 0.767. The second-order valence-electron chi connectivity index (χ2n) is 9.08. The van der Waals surface area contributed by atoms with Crippen LogP contribution in [0.15, 0.2) is 48.5 Å². The van der Waals surface area contributed by atoms with Gasteiger partial charge in [0.25, 0.3) is 0 Å². The van der Waals surface area contributed by atoms with Gasteiger partial charge in [-0.25, -0.2) is 0 Å². The second-order valence-corrected chi connectivity index (χ2v) is 9.08. The number of hydrogen-bond donors (Lipinski definition) is 1. The van der Waals surface area contributed by atoms with Crippen molar-refractivity contribution in [2.75, 3.05) is 40.5 Å². The predicted molar refractivity (Wildman–Crippen MR) is 123 cm³/mol. The molecule has 2 aliphatic rings. The number of carbonyl (C=O) groups is 1. The maximum atomic E-state index is 13.5. The smallest absolute Gasteiger partial charge is 0.226 e. The van der Waals surface area contributed by atoms with Crippen LogP contribution in [0.4, 0.5) is 0 Å². The van der Waals surface area contributed by atoms with Gasteiger partial charge in [-0.3, -0.25) is 4.79 Å². The first-order valence-electron chi connectivity index (χ1n) is 11.4. The van der Waals surface area contributed by atoms with Gasteiger partial charge in [-0.2, -0.15) is 0 Å². The summed E-state index contributed by atoms with van der Waals surface area (Å²) in [6, 6.07) is 16.9. The summed E-state index contributed by atoms with van der Waals surface area (Å²) >= 11 is 0. The number of methoxy groups -OCH3 is 1. The third kappa shape index (κ3) is 5.28. The molecule has 0 saturated carbocycles. The summed E-state index contributed by atoms with van der Waals surface area (Å²) in [5.74, 6) is 1.04. The number of rotatable bonds is 6. The number of amides is 1. The van der Waals surface area contributed by atoms with Gasteiger partial charge in [0.2, 0.25) is 5.91 Å². The lowest BCUT2D eigenvalue weighted by molar-refractivity contribution is -0.137. The molecule has 2 fully saturated rings.